The first kappa shape index (κ1) is 16.7. The van der Waals surface area contributed by atoms with E-state index in [1.807, 2.05) is 0 Å². The van der Waals surface area contributed by atoms with Crippen molar-refractivity contribution in [2.24, 2.45) is 0 Å². The molecule has 0 spiro atoms. The summed E-state index contributed by atoms with van der Waals surface area (Å²) in [5.41, 5.74) is 0. The molecule has 1 fully saturated rings. The maximum absolute atomic E-state index is 12.0. The van der Waals surface area contributed by atoms with Gasteiger partial charge in [-0.15, -0.1) is 10.2 Å². The molecule has 0 aromatic carbocycles. The molecule has 124 valence electrons. The van der Waals surface area contributed by atoms with Crippen LogP contribution in [-0.2, 0) is 11.3 Å². The van der Waals surface area contributed by atoms with Crippen molar-refractivity contribution >= 4 is 6.03 Å². The summed E-state index contributed by atoms with van der Waals surface area (Å²) >= 11 is 0. The van der Waals surface area contributed by atoms with E-state index in [2.05, 4.69) is 27.3 Å². The minimum Gasteiger partial charge on any atom is -0.424 e. The zero-order valence-electron chi connectivity index (χ0n) is 13.5. The summed E-state index contributed by atoms with van der Waals surface area (Å²) < 4.78 is 10.6. The van der Waals surface area contributed by atoms with Crippen molar-refractivity contribution < 1.29 is 13.9 Å². The molecule has 2 heterocycles. The number of aryl methyl sites for hydroxylation is 1. The van der Waals surface area contributed by atoms with Gasteiger partial charge in [-0.3, -0.25) is 4.90 Å². The quantitative estimate of drug-likeness (QED) is 0.829. The minimum absolute atomic E-state index is 0.134. The number of hydrogen-bond acceptors (Lipinski definition) is 6. The fraction of sp³-hybridized carbons (Fsp3) is 0.786. The number of urea groups is 1. The van der Waals surface area contributed by atoms with Crippen molar-refractivity contribution in [1.82, 2.24) is 25.3 Å². The van der Waals surface area contributed by atoms with Crippen molar-refractivity contribution in [3.8, 4) is 0 Å². The summed E-state index contributed by atoms with van der Waals surface area (Å²) in [7, 11) is 1.71. The van der Waals surface area contributed by atoms with Gasteiger partial charge in [-0.25, -0.2) is 4.79 Å². The number of aromatic nitrogens is 2. The highest BCUT2D eigenvalue weighted by atomic mass is 16.5. The van der Waals surface area contributed by atoms with Crippen LogP contribution in [0.3, 0.4) is 0 Å². The second-order valence-electron chi connectivity index (χ2n) is 5.59. The van der Waals surface area contributed by atoms with Crippen LogP contribution in [-0.4, -0.2) is 72.0 Å². The standard InChI is InChI=1S/C14H25N5O3/c1-11(19-6-8-21-9-7-19)4-5-15-14(20)18(3)10-13-17-16-12(2)22-13/h11H,4-10H2,1-3H3,(H,15,20). The lowest BCUT2D eigenvalue weighted by molar-refractivity contribution is 0.0188. The molecule has 1 aromatic heterocycles. The van der Waals surface area contributed by atoms with Crippen LogP contribution >= 0.6 is 0 Å². The fourth-order valence-electron chi connectivity index (χ4n) is 2.40. The monoisotopic (exact) mass is 311 g/mol. The number of nitrogens with zero attached hydrogens (tertiary/aromatic N) is 4. The van der Waals surface area contributed by atoms with Gasteiger partial charge >= 0.3 is 6.03 Å². The van der Waals surface area contributed by atoms with E-state index in [0.29, 0.717) is 30.9 Å². The van der Waals surface area contributed by atoms with Crippen molar-refractivity contribution in [3.05, 3.63) is 11.8 Å². The number of morpholine rings is 1. The molecular formula is C14H25N5O3. The molecule has 22 heavy (non-hydrogen) atoms. The largest absolute Gasteiger partial charge is 0.424 e. The lowest BCUT2D eigenvalue weighted by Gasteiger charge is -2.32. The van der Waals surface area contributed by atoms with Crippen molar-refractivity contribution in [1.29, 1.82) is 0 Å². The average molecular weight is 311 g/mol. The zero-order chi connectivity index (χ0) is 15.9. The molecule has 1 atom stereocenters. The normalized spacial score (nSPS) is 17.2. The third-order valence-electron chi connectivity index (χ3n) is 3.79. The van der Waals surface area contributed by atoms with Crippen LogP contribution in [0.5, 0.6) is 0 Å². The predicted molar refractivity (Wildman–Crippen MR) is 80.4 cm³/mol. The Labute approximate surface area is 130 Å². The predicted octanol–water partition coefficient (Wildman–Crippen LogP) is 0.630. The van der Waals surface area contributed by atoms with Gasteiger partial charge in [0, 0.05) is 39.6 Å². The molecule has 1 saturated heterocycles. The Morgan fingerprint density at radius 2 is 2.14 bits per heavy atom. The van der Waals surface area contributed by atoms with Crippen molar-refractivity contribution in [3.63, 3.8) is 0 Å². The third-order valence-corrected chi connectivity index (χ3v) is 3.79. The summed E-state index contributed by atoms with van der Waals surface area (Å²) in [6, 6.07) is 0.304. The van der Waals surface area contributed by atoms with E-state index in [0.717, 1.165) is 32.7 Å². The number of carbonyl (C=O) groups excluding carboxylic acids is 1. The average Bonchev–Trinajstić information content (AvgIpc) is 2.93. The number of amides is 2. The lowest BCUT2D eigenvalue weighted by atomic mass is 10.2. The van der Waals surface area contributed by atoms with Gasteiger partial charge in [0.2, 0.25) is 11.8 Å². The highest BCUT2D eigenvalue weighted by Crippen LogP contribution is 2.06. The van der Waals surface area contributed by atoms with Crippen LogP contribution in [0.1, 0.15) is 25.1 Å². The first-order chi connectivity index (χ1) is 10.6. The number of nitrogens with one attached hydrogen (secondary N) is 1. The Bertz CT molecular complexity index is 473. The van der Waals surface area contributed by atoms with E-state index in [1.165, 1.54) is 4.90 Å². The molecule has 2 rings (SSSR count). The molecule has 0 bridgehead atoms. The number of rotatable bonds is 6. The van der Waals surface area contributed by atoms with Crippen LogP contribution in [0.4, 0.5) is 4.79 Å². The molecular weight excluding hydrogens is 286 g/mol. The Kier molecular flexibility index (Phi) is 6.14. The van der Waals surface area contributed by atoms with Crippen LogP contribution < -0.4 is 5.32 Å². The molecule has 0 aliphatic carbocycles. The second kappa shape index (κ2) is 8.09. The number of hydrogen-bond donors (Lipinski definition) is 1. The Morgan fingerprint density at radius 1 is 1.41 bits per heavy atom. The second-order valence-corrected chi connectivity index (χ2v) is 5.59. The minimum atomic E-state index is -0.134. The van der Waals surface area contributed by atoms with E-state index in [-0.39, 0.29) is 6.03 Å². The Balaban J connectivity index is 1.66. The Hall–Kier alpha value is -1.67. The maximum atomic E-state index is 12.0. The van der Waals surface area contributed by atoms with Crippen LogP contribution in [0.2, 0.25) is 0 Å². The molecule has 8 nitrogen and oxygen atoms in total. The fourth-order valence-corrected chi connectivity index (χ4v) is 2.40. The maximum Gasteiger partial charge on any atom is 0.317 e. The molecule has 0 radical (unpaired) electrons. The highest BCUT2D eigenvalue weighted by Gasteiger charge is 2.17. The van der Waals surface area contributed by atoms with Gasteiger partial charge in [-0.1, -0.05) is 0 Å². The summed E-state index contributed by atoms with van der Waals surface area (Å²) in [5.74, 6) is 0.944. The van der Waals surface area contributed by atoms with E-state index >= 15 is 0 Å². The molecule has 1 N–H and O–H groups in total. The summed E-state index contributed by atoms with van der Waals surface area (Å²) in [4.78, 5) is 15.9. The van der Waals surface area contributed by atoms with Crippen molar-refractivity contribution in [2.45, 2.75) is 32.9 Å². The van der Waals surface area contributed by atoms with E-state index < -0.39 is 0 Å². The molecule has 2 amide bonds. The lowest BCUT2D eigenvalue weighted by Crippen LogP contribution is -2.44. The smallest absolute Gasteiger partial charge is 0.317 e. The van der Waals surface area contributed by atoms with E-state index in [1.54, 1.807) is 14.0 Å². The molecule has 1 unspecified atom stereocenters. The van der Waals surface area contributed by atoms with Crippen LogP contribution in [0, 0.1) is 6.92 Å². The van der Waals surface area contributed by atoms with Crippen molar-refractivity contribution in [2.75, 3.05) is 39.9 Å². The molecule has 1 aliphatic rings. The molecule has 0 saturated carbocycles. The SMILES string of the molecule is Cc1nnc(CN(C)C(=O)NCCC(C)N2CCOCC2)o1. The van der Waals surface area contributed by atoms with Gasteiger partial charge in [0.05, 0.1) is 13.2 Å². The molecule has 1 aromatic rings. The molecule has 8 heteroatoms. The highest BCUT2D eigenvalue weighted by molar-refractivity contribution is 5.73. The van der Waals surface area contributed by atoms with Gasteiger partial charge < -0.3 is 19.4 Å². The topological polar surface area (TPSA) is 83.7 Å². The van der Waals surface area contributed by atoms with Gasteiger partial charge in [0.15, 0.2) is 0 Å². The van der Waals surface area contributed by atoms with Gasteiger partial charge in [0.1, 0.15) is 6.54 Å². The first-order valence-corrected chi connectivity index (χ1v) is 7.66. The van der Waals surface area contributed by atoms with E-state index in [4.69, 9.17) is 9.15 Å². The van der Waals surface area contributed by atoms with Gasteiger partial charge in [-0.05, 0) is 13.3 Å². The van der Waals surface area contributed by atoms with E-state index in [9.17, 15) is 4.79 Å². The zero-order valence-corrected chi connectivity index (χ0v) is 13.5. The first-order valence-electron chi connectivity index (χ1n) is 7.66. The summed E-state index contributed by atoms with van der Waals surface area (Å²) in [6.07, 6.45) is 0.916. The summed E-state index contributed by atoms with van der Waals surface area (Å²) in [5, 5.41) is 10.5. The number of ether oxygens (including phenoxy) is 1. The number of carbonyl (C=O) groups is 1. The molecule has 1 aliphatic heterocycles. The Morgan fingerprint density at radius 3 is 2.77 bits per heavy atom. The third kappa shape index (κ3) is 4.96. The van der Waals surface area contributed by atoms with Gasteiger partial charge in [0.25, 0.3) is 0 Å². The van der Waals surface area contributed by atoms with Crippen LogP contribution in [0.15, 0.2) is 4.42 Å². The van der Waals surface area contributed by atoms with Gasteiger partial charge in [-0.2, -0.15) is 0 Å². The summed E-state index contributed by atoms with van der Waals surface area (Å²) in [6.45, 7) is 8.38. The van der Waals surface area contributed by atoms with Crippen LogP contribution in [0.25, 0.3) is 0 Å².